The summed E-state index contributed by atoms with van der Waals surface area (Å²) in [7, 11) is 0. The average molecular weight is 133 g/mol. The molecule has 2 heteroatoms. The van der Waals surface area contributed by atoms with Crippen molar-refractivity contribution >= 4 is 5.69 Å². The number of fused-ring (bicyclic) bond motifs is 1. The van der Waals surface area contributed by atoms with Gasteiger partial charge >= 0.3 is 0 Å². The first-order valence-corrected chi connectivity index (χ1v) is 3.09. The van der Waals surface area contributed by atoms with E-state index in [-0.39, 0.29) is 0 Å². The van der Waals surface area contributed by atoms with E-state index >= 15 is 0 Å². The Bertz CT molecular complexity index is 253. The summed E-state index contributed by atoms with van der Waals surface area (Å²) in [4.78, 5) is 0. The van der Waals surface area contributed by atoms with Gasteiger partial charge in [-0.1, -0.05) is 12.1 Å². The largest absolute Gasteiger partial charge is 0.440 e. The predicted octanol–water partition coefficient (Wildman–Crippen LogP) is 1.96. The first-order chi connectivity index (χ1) is 4.86. The molecule has 0 spiro atoms. The van der Waals surface area contributed by atoms with E-state index < -0.39 is 0 Å². The van der Waals surface area contributed by atoms with Crippen molar-refractivity contribution in [2.45, 2.75) is 0 Å². The number of anilines is 1. The maximum Gasteiger partial charge on any atom is 0.190 e. The van der Waals surface area contributed by atoms with E-state index in [1.54, 1.807) is 0 Å². The molecule has 0 aromatic heterocycles. The lowest BCUT2D eigenvalue weighted by molar-refractivity contribution is 0.460. The zero-order valence-electron chi connectivity index (χ0n) is 5.42. The normalized spacial score (nSPS) is 13.8. The second-order valence-corrected chi connectivity index (χ2v) is 2.15. The minimum atomic E-state index is 0.598. The van der Waals surface area contributed by atoms with Crippen molar-refractivity contribution in [1.29, 1.82) is 0 Å². The molecule has 2 nitrogen and oxygen atoms in total. The van der Waals surface area contributed by atoms with Crippen LogP contribution in [0.1, 0.15) is 0 Å². The highest BCUT2D eigenvalue weighted by Gasteiger charge is 2.11. The molecule has 0 saturated heterocycles. The molecular formula is C8H7NO. The van der Waals surface area contributed by atoms with Crippen molar-refractivity contribution < 1.29 is 4.74 Å². The maximum atomic E-state index is 5.20. The zero-order chi connectivity index (χ0) is 6.97. The molecular weight excluding hydrogens is 126 g/mol. The van der Waals surface area contributed by atoms with Crippen LogP contribution in [0.15, 0.2) is 36.7 Å². The van der Waals surface area contributed by atoms with Gasteiger partial charge in [0.25, 0.3) is 0 Å². The Kier molecular flexibility index (Phi) is 0.947. The fourth-order valence-electron chi connectivity index (χ4n) is 0.967. The quantitative estimate of drug-likeness (QED) is 0.584. The molecule has 1 aliphatic rings. The van der Waals surface area contributed by atoms with Gasteiger partial charge in [0, 0.05) is 0 Å². The van der Waals surface area contributed by atoms with Gasteiger partial charge in [-0.25, -0.2) is 0 Å². The second kappa shape index (κ2) is 1.77. The molecule has 0 amide bonds. The van der Waals surface area contributed by atoms with Crippen molar-refractivity contribution in [2.75, 3.05) is 5.32 Å². The van der Waals surface area contributed by atoms with Crippen LogP contribution in [-0.2, 0) is 0 Å². The summed E-state index contributed by atoms with van der Waals surface area (Å²) >= 11 is 0. The summed E-state index contributed by atoms with van der Waals surface area (Å²) < 4.78 is 5.20. The van der Waals surface area contributed by atoms with Gasteiger partial charge in [-0.2, -0.15) is 0 Å². The molecule has 1 N–H and O–H groups in total. The molecule has 0 aliphatic carbocycles. The van der Waals surface area contributed by atoms with E-state index in [0.717, 1.165) is 11.4 Å². The van der Waals surface area contributed by atoms with E-state index in [0.29, 0.717) is 5.88 Å². The van der Waals surface area contributed by atoms with Gasteiger partial charge in [-0.05, 0) is 18.7 Å². The van der Waals surface area contributed by atoms with Gasteiger partial charge in [0.2, 0.25) is 0 Å². The fraction of sp³-hybridized carbons (Fsp3) is 0. The summed E-state index contributed by atoms with van der Waals surface area (Å²) in [5.41, 5.74) is 0.993. The van der Waals surface area contributed by atoms with Gasteiger partial charge in [0.15, 0.2) is 11.6 Å². The minimum absolute atomic E-state index is 0.598. The van der Waals surface area contributed by atoms with Crippen molar-refractivity contribution in [3.63, 3.8) is 0 Å². The van der Waals surface area contributed by atoms with E-state index in [4.69, 9.17) is 4.74 Å². The third-order valence-electron chi connectivity index (χ3n) is 1.39. The summed E-state index contributed by atoms with van der Waals surface area (Å²) in [5, 5.41) is 2.98. The van der Waals surface area contributed by atoms with Crippen LogP contribution < -0.4 is 10.1 Å². The molecule has 1 aromatic carbocycles. The summed E-state index contributed by atoms with van der Waals surface area (Å²) in [6.07, 6.45) is 0. The molecule has 10 heavy (non-hydrogen) atoms. The first kappa shape index (κ1) is 5.35. The number of rotatable bonds is 0. The zero-order valence-corrected chi connectivity index (χ0v) is 5.42. The SMILES string of the molecule is C=C1Nc2ccccc2O1. The molecule has 0 fully saturated rings. The van der Waals surface area contributed by atoms with Crippen LogP contribution in [0.2, 0.25) is 0 Å². The molecule has 0 atom stereocenters. The number of benzene rings is 1. The number of ether oxygens (including phenoxy) is 1. The van der Waals surface area contributed by atoms with Crippen molar-refractivity contribution in [3.8, 4) is 5.75 Å². The summed E-state index contributed by atoms with van der Waals surface area (Å²) in [6, 6.07) is 7.74. The van der Waals surface area contributed by atoms with Gasteiger partial charge in [-0.15, -0.1) is 0 Å². The smallest absolute Gasteiger partial charge is 0.190 e. The van der Waals surface area contributed by atoms with E-state index in [1.165, 1.54) is 0 Å². The molecule has 50 valence electrons. The lowest BCUT2D eigenvalue weighted by Crippen LogP contribution is -1.92. The Hall–Kier alpha value is -1.44. The van der Waals surface area contributed by atoms with Gasteiger partial charge in [-0.3, -0.25) is 0 Å². The molecule has 0 saturated carbocycles. The highest BCUT2D eigenvalue weighted by molar-refractivity contribution is 5.62. The Morgan fingerprint density at radius 3 is 2.90 bits per heavy atom. The third-order valence-corrected chi connectivity index (χ3v) is 1.39. The Labute approximate surface area is 59.1 Å². The van der Waals surface area contributed by atoms with Gasteiger partial charge < -0.3 is 10.1 Å². The standard InChI is InChI=1S/C8H7NO/c1-6-9-7-4-2-3-5-8(7)10-6/h2-5,9H,1H2. The van der Waals surface area contributed by atoms with Crippen LogP contribution in [0.25, 0.3) is 0 Å². The molecule has 2 rings (SSSR count). The van der Waals surface area contributed by atoms with Crippen LogP contribution in [0, 0.1) is 0 Å². The van der Waals surface area contributed by atoms with Crippen LogP contribution in [0.4, 0.5) is 5.69 Å². The lowest BCUT2D eigenvalue weighted by atomic mass is 10.3. The average Bonchev–Trinajstić information content (AvgIpc) is 2.27. The van der Waals surface area contributed by atoms with Gasteiger partial charge in [0.1, 0.15) is 0 Å². The highest BCUT2D eigenvalue weighted by Crippen LogP contribution is 2.31. The van der Waals surface area contributed by atoms with E-state index in [9.17, 15) is 0 Å². The van der Waals surface area contributed by atoms with Crippen LogP contribution in [0.5, 0.6) is 5.75 Å². The third kappa shape index (κ3) is 0.658. The number of para-hydroxylation sites is 2. The highest BCUT2D eigenvalue weighted by atomic mass is 16.5. The second-order valence-electron chi connectivity index (χ2n) is 2.15. The Morgan fingerprint density at radius 2 is 2.10 bits per heavy atom. The Balaban J connectivity index is 2.51. The molecule has 0 bridgehead atoms. The summed E-state index contributed by atoms with van der Waals surface area (Å²) in [5.74, 6) is 1.45. The number of nitrogens with one attached hydrogen (secondary N) is 1. The van der Waals surface area contributed by atoms with Crippen LogP contribution >= 0.6 is 0 Å². The molecule has 1 aliphatic heterocycles. The van der Waals surface area contributed by atoms with Crippen LogP contribution in [0.3, 0.4) is 0 Å². The van der Waals surface area contributed by atoms with Crippen LogP contribution in [-0.4, -0.2) is 0 Å². The van der Waals surface area contributed by atoms with E-state index in [1.807, 2.05) is 24.3 Å². The topological polar surface area (TPSA) is 21.3 Å². The van der Waals surface area contributed by atoms with Crippen molar-refractivity contribution in [3.05, 3.63) is 36.7 Å². The van der Waals surface area contributed by atoms with Crippen molar-refractivity contribution in [2.24, 2.45) is 0 Å². The molecule has 0 radical (unpaired) electrons. The minimum Gasteiger partial charge on any atom is -0.440 e. The van der Waals surface area contributed by atoms with Crippen molar-refractivity contribution in [1.82, 2.24) is 0 Å². The molecule has 1 heterocycles. The monoisotopic (exact) mass is 133 g/mol. The fourth-order valence-corrected chi connectivity index (χ4v) is 0.967. The predicted molar refractivity (Wildman–Crippen MR) is 39.8 cm³/mol. The van der Waals surface area contributed by atoms with E-state index in [2.05, 4.69) is 11.9 Å². The van der Waals surface area contributed by atoms with Gasteiger partial charge in [0.05, 0.1) is 5.69 Å². The molecule has 1 aromatic rings. The number of hydrogen-bond donors (Lipinski definition) is 1. The number of hydrogen-bond acceptors (Lipinski definition) is 2. The first-order valence-electron chi connectivity index (χ1n) is 3.09. The maximum absolute atomic E-state index is 5.20. The Morgan fingerprint density at radius 1 is 1.30 bits per heavy atom. The summed E-state index contributed by atoms with van der Waals surface area (Å²) in [6.45, 7) is 3.64. The lowest BCUT2D eigenvalue weighted by Gasteiger charge is -1.91. The molecule has 0 unspecified atom stereocenters.